The van der Waals surface area contributed by atoms with Gasteiger partial charge in [0.2, 0.25) is 5.91 Å². The Hall–Kier alpha value is -2.17. The molecule has 0 aromatic heterocycles. The number of fused-ring (bicyclic) bond motifs is 3. The summed E-state index contributed by atoms with van der Waals surface area (Å²) in [5, 5.41) is 3.20. The van der Waals surface area contributed by atoms with Gasteiger partial charge in [-0.1, -0.05) is 54.6 Å². The Balaban J connectivity index is 1.54. The van der Waals surface area contributed by atoms with Crippen molar-refractivity contribution in [3.05, 3.63) is 71.3 Å². The SMILES string of the molecule is COCC(=O)N[C@@H]1c2ccccc2[C@@H]2CN(Cc3ccccc3)C[C@H]12. The Kier molecular flexibility index (Phi) is 4.55. The zero-order valence-corrected chi connectivity index (χ0v) is 14.5. The molecule has 0 unspecified atom stereocenters. The van der Waals surface area contributed by atoms with Crippen molar-refractivity contribution >= 4 is 5.91 Å². The highest BCUT2D eigenvalue weighted by molar-refractivity contribution is 5.78. The lowest BCUT2D eigenvalue weighted by molar-refractivity contribution is -0.125. The first kappa shape index (κ1) is 16.3. The zero-order chi connectivity index (χ0) is 17.2. The van der Waals surface area contributed by atoms with Gasteiger partial charge in [0, 0.05) is 38.6 Å². The van der Waals surface area contributed by atoms with Crippen molar-refractivity contribution in [2.75, 3.05) is 26.8 Å². The number of carbonyl (C=O) groups excluding carboxylic acids is 1. The highest BCUT2D eigenvalue weighted by Crippen LogP contribution is 2.49. The van der Waals surface area contributed by atoms with E-state index in [2.05, 4.69) is 64.8 Å². The summed E-state index contributed by atoms with van der Waals surface area (Å²) in [6.45, 7) is 3.14. The van der Waals surface area contributed by atoms with Crippen LogP contribution in [0.3, 0.4) is 0 Å². The summed E-state index contributed by atoms with van der Waals surface area (Å²) in [4.78, 5) is 14.6. The second kappa shape index (κ2) is 6.98. The molecule has 2 aromatic rings. The van der Waals surface area contributed by atoms with E-state index in [4.69, 9.17) is 4.74 Å². The Labute approximate surface area is 148 Å². The molecule has 2 aliphatic rings. The maximum absolute atomic E-state index is 12.1. The quantitative estimate of drug-likeness (QED) is 0.913. The summed E-state index contributed by atoms with van der Waals surface area (Å²) < 4.78 is 4.99. The van der Waals surface area contributed by atoms with Gasteiger partial charge < -0.3 is 10.1 Å². The minimum absolute atomic E-state index is 0.0375. The first-order valence-corrected chi connectivity index (χ1v) is 8.89. The maximum atomic E-state index is 12.1. The summed E-state index contributed by atoms with van der Waals surface area (Å²) in [6, 6.07) is 19.2. The van der Waals surface area contributed by atoms with Gasteiger partial charge >= 0.3 is 0 Å². The fourth-order valence-corrected chi connectivity index (χ4v) is 4.44. The molecule has 25 heavy (non-hydrogen) atoms. The van der Waals surface area contributed by atoms with Crippen LogP contribution in [0.5, 0.6) is 0 Å². The number of hydrogen-bond donors (Lipinski definition) is 1. The topological polar surface area (TPSA) is 41.6 Å². The molecule has 1 saturated heterocycles. The molecule has 4 rings (SSSR count). The third-order valence-electron chi connectivity index (χ3n) is 5.44. The van der Waals surface area contributed by atoms with Crippen molar-refractivity contribution in [1.29, 1.82) is 0 Å². The molecule has 0 radical (unpaired) electrons. The number of nitrogens with one attached hydrogen (secondary N) is 1. The first-order valence-electron chi connectivity index (χ1n) is 8.89. The smallest absolute Gasteiger partial charge is 0.246 e. The van der Waals surface area contributed by atoms with Crippen molar-refractivity contribution < 1.29 is 9.53 Å². The lowest BCUT2D eigenvalue weighted by Crippen LogP contribution is -2.35. The number of likely N-dealkylation sites (tertiary alicyclic amines) is 1. The third-order valence-corrected chi connectivity index (χ3v) is 5.44. The van der Waals surface area contributed by atoms with Crippen LogP contribution in [0.4, 0.5) is 0 Å². The summed E-state index contributed by atoms with van der Waals surface area (Å²) in [6.07, 6.45) is 0. The minimum Gasteiger partial charge on any atom is -0.375 e. The number of hydrogen-bond acceptors (Lipinski definition) is 3. The van der Waals surface area contributed by atoms with E-state index in [1.807, 2.05) is 0 Å². The zero-order valence-electron chi connectivity index (χ0n) is 14.5. The number of benzene rings is 2. The van der Waals surface area contributed by atoms with Crippen LogP contribution >= 0.6 is 0 Å². The van der Waals surface area contributed by atoms with E-state index in [1.54, 1.807) is 7.11 Å². The lowest BCUT2D eigenvalue weighted by atomic mass is 9.94. The van der Waals surface area contributed by atoms with Crippen LogP contribution in [0, 0.1) is 5.92 Å². The van der Waals surface area contributed by atoms with Gasteiger partial charge in [-0.05, 0) is 16.7 Å². The Morgan fingerprint density at radius 1 is 1.08 bits per heavy atom. The average molecular weight is 336 g/mol. The standard InChI is InChI=1S/C21H24N2O2/c1-25-14-20(24)22-21-17-10-6-5-9-16(17)18-12-23(13-19(18)21)11-15-7-3-2-4-8-15/h2-10,18-19,21H,11-14H2,1H3,(H,22,24)/t18-,19-,21+/m0/s1. The van der Waals surface area contributed by atoms with Gasteiger partial charge in [-0.3, -0.25) is 9.69 Å². The van der Waals surface area contributed by atoms with Crippen molar-refractivity contribution in [2.45, 2.75) is 18.5 Å². The molecule has 130 valence electrons. The first-order chi connectivity index (χ1) is 12.3. The van der Waals surface area contributed by atoms with Gasteiger partial charge in [-0.25, -0.2) is 0 Å². The number of nitrogens with zero attached hydrogens (tertiary/aromatic N) is 1. The molecule has 0 spiro atoms. The summed E-state index contributed by atoms with van der Waals surface area (Å²) >= 11 is 0. The molecule has 0 saturated carbocycles. The van der Waals surface area contributed by atoms with E-state index in [0.717, 1.165) is 19.6 Å². The number of methoxy groups -OCH3 is 1. The van der Waals surface area contributed by atoms with E-state index in [-0.39, 0.29) is 18.6 Å². The Morgan fingerprint density at radius 2 is 1.80 bits per heavy atom. The largest absolute Gasteiger partial charge is 0.375 e. The highest BCUT2D eigenvalue weighted by Gasteiger charge is 2.46. The van der Waals surface area contributed by atoms with Gasteiger partial charge in [-0.15, -0.1) is 0 Å². The van der Waals surface area contributed by atoms with E-state index in [0.29, 0.717) is 11.8 Å². The Morgan fingerprint density at radius 3 is 2.56 bits per heavy atom. The monoisotopic (exact) mass is 336 g/mol. The van der Waals surface area contributed by atoms with Gasteiger partial charge in [0.05, 0.1) is 6.04 Å². The third kappa shape index (κ3) is 3.20. The van der Waals surface area contributed by atoms with E-state index in [1.165, 1.54) is 16.7 Å². The molecule has 1 aliphatic heterocycles. The molecule has 0 bridgehead atoms. The maximum Gasteiger partial charge on any atom is 0.246 e. The predicted octanol–water partition coefficient (Wildman–Crippen LogP) is 2.72. The number of rotatable bonds is 5. The van der Waals surface area contributed by atoms with Gasteiger partial charge in [0.15, 0.2) is 0 Å². The van der Waals surface area contributed by atoms with E-state index >= 15 is 0 Å². The summed E-state index contributed by atoms with van der Waals surface area (Å²) in [5.41, 5.74) is 4.02. The summed E-state index contributed by atoms with van der Waals surface area (Å²) in [7, 11) is 1.56. The molecule has 4 nitrogen and oxygen atoms in total. The van der Waals surface area contributed by atoms with E-state index < -0.39 is 0 Å². The van der Waals surface area contributed by atoms with Crippen LogP contribution in [-0.2, 0) is 16.1 Å². The van der Waals surface area contributed by atoms with Crippen molar-refractivity contribution in [3.8, 4) is 0 Å². The molecule has 1 fully saturated rings. The number of carbonyl (C=O) groups is 1. The van der Waals surface area contributed by atoms with Crippen LogP contribution in [-0.4, -0.2) is 37.6 Å². The van der Waals surface area contributed by atoms with Gasteiger partial charge in [0.25, 0.3) is 0 Å². The van der Waals surface area contributed by atoms with Crippen LogP contribution in [0.15, 0.2) is 54.6 Å². The molecule has 2 aromatic carbocycles. The number of ether oxygens (including phenoxy) is 1. The second-order valence-corrected chi connectivity index (χ2v) is 7.06. The van der Waals surface area contributed by atoms with Crippen molar-refractivity contribution in [3.63, 3.8) is 0 Å². The van der Waals surface area contributed by atoms with Gasteiger partial charge in [0.1, 0.15) is 6.61 Å². The molecular formula is C21H24N2O2. The van der Waals surface area contributed by atoms with Crippen molar-refractivity contribution in [2.24, 2.45) is 5.92 Å². The van der Waals surface area contributed by atoms with Crippen LogP contribution in [0.2, 0.25) is 0 Å². The van der Waals surface area contributed by atoms with Crippen LogP contribution in [0.25, 0.3) is 0 Å². The molecule has 1 aliphatic carbocycles. The fourth-order valence-electron chi connectivity index (χ4n) is 4.44. The average Bonchev–Trinajstić information content (AvgIpc) is 3.15. The minimum atomic E-state index is -0.0375. The molecule has 1 amide bonds. The predicted molar refractivity (Wildman–Crippen MR) is 97.2 cm³/mol. The molecule has 4 heteroatoms. The fraction of sp³-hybridized carbons (Fsp3) is 0.381. The summed E-state index contributed by atoms with van der Waals surface area (Å²) in [5.74, 6) is 0.888. The Bertz CT molecular complexity index is 747. The highest BCUT2D eigenvalue weighted by atomic mass is 16.5. The van der Waals surface area contributed by atoms with Crippen LogP contribution in [0.1, 0.15) is 28.7 Å². The molecule has 1 heterocycles. The molecule has 1 N–H and O–H groups in total. The lowest BCUT2D eigenvalue weighted by Gasteiger charge is -2.23. The van der Waals surface area contributed by atoms with Crippen molar-refractivity contribution in [1.82, 2.24) is 10.2 Å². The van der Waals surface area contributed by atoms with Crippen LogP contribution < -0.4 is 5.32 Å². The molecular weight excluding hydrogens is 312 g/mol. The van der Waals surface area contributed by atoms with E-state index in [9.17, 15) is 4.79 Å². The normalized spacial score (nSPS) is 24.8. The second-order valence-electron chi connectivity index (χ2n) is 7.06. The van der Waals surface area contributed by atoms with Gasteiger partial charge in [-0.2, -0.15) is 0 Å². The number of amides is 1. The molecule has 3 atom stereocenters.